The van der Waals surface area contributed by atoms with E-state index in [1.807, 2.05) is 24.3 Å². The number of hydrogen-bond donors (Lipinski definition) is 1. The zero-order valence-electron chi connectivity index (χ0n) is 14.4. The third kappa shape index (κ3) is 3.20. The predicted octanol–water partition coefficient (Wildman–Crippen LogP) is 4.00. The Bertz CT molecular complexity index is 1050. The molecule has 0 saturated heterocycles. The molecule has 3 aromatic rings. The van der Waals surface area contributed by atoms with Gasteiger partial charge in [0, 0.05) is 16.8 Å². The molecule has 1 amide bonds. The van der Waals surface area contributed by atoms with Crippen molar-refractivity contribution in [1.82, 2.24) is 0 Å². The number of hydrogen-bond acceptors (Lipinski definition) is 5. The second kappa shape index (κ2) is 6.84. The summed E-state index contributed by atoms with van der Waals surface area (Å²) in [4.78, 5) is 24.3. The molecule has 1 aliphatic heterocycles. The van der Waals surface area contributed by atoms with Crippen LogP contribution >= 0.6 is 0 Å². The lowest BCUT2D eigenvalue weighted by Gasteiger charge is -2.09. The summed E-state index contributed by atoms with van der Waals surface area (Å²) >= 11 is 0. The Balaban J connectivity index is 1.64. The highest BCUT2D eigenvalue weighted by molar-refractivity contribution is 6.34. The molecule has 0 aliphatic carbocycles. The van der Waals surface area contributed by atoms with Crippen molar-refractivity contribution >= 4 is 29.2 Å². The van der Waals surface area contributed by atoms with Crippen LogP contribution in [0.2, 0.25) is 0 Å². The number of nitrogens with one attached hydrogen (secondary N) is 1. The van der Waals surface area contributed by atoms with Gasteiger partial charge < -0.3 is 19.2 Å². The summed E-state index contributed by atoms with van der Waals surface area (Å²) in [5.41, 5.74) is 2.93. The van der Waals surface area contributed by atoms with E-state index < -0.39 is 5.97 Å². The Morgan fingerprint density at radius 2 is 1.93 bits per heavy atom. The van der Waals surface area contributed by atoms with Gasteiger partial charge in [0.15, 0.2) is 11.5 Å². The molecule has 0 saturated carbocycles. The molecule has 4 rings (SSSR count). The first-order chi connectivity index (χ1) is 13.2. The second-order valence-corrected chi connectivity index (χ2v) is 5.83. The minimum absolute atomic E-state index is 0.0995. The fourth-order valence-electron chi connectivity index (χ4n) is 2.85. The van der Waals surface area contributed by atoms with Gasteiger partial charge in [-0.1, -0.05) is 24.3 Å². The highest BCUT2D eigenvalue weighted by Crippen LogP contribution is 2.35. The van der Waals surface area contributed by atoms with Crippen molar-refractivity contribution < 1.29 is 23.5 Å². The molecule has 134 valence electrons. The zero-order chi connectivity index (χ0) is 18.8. The molecule has 2 aromatic carbocycles. The number of anilines is 1. The van der Waals surface area contributed by atoms with Crippen molar-refractivity contribution in [3.63, 3.8) is 0 Å². The third-order valence-electron chi connectivity index (χ3n) is 4.13. The number of carbonyl (C=O) groups excluding carboxylic acids is 2. The largest absolute Gasteiger partial charge is 0.493 e. The Kier molecular flexibility index (Phi) is 4.22. The van der Waals surface area contributed by atoms with E-state index in [1.165, 1.54) is 19.4 Å². The highest BCUT2D eigenvalue weighted by Gasteiger charge is 2.23. The van der Waals surface area contributed by atoms with Crippen LogP contribution in [0.3, 0.4) is 0 Å². The third-order valence-corrected chi connectivity index (χ3v) is 4.13. The van der Waals surface area contributed by atoms with E-state index in [2.05, 4.69) is 5.32 Å². The van der Waals surface area contributed by atoms with Crippen molar-refractivity contribution in [3.05, 3.63) is 77.7 Å². The molecule has 1 aliphatic rings. The van der Waals surface area contributed by atoms with E-state index >= 15 is 0 Å². The van der Waals surface area contributed by atoms with Gasteiger partial charge in [-0.15, -0.1) is 0 Å². The topological polar surface area (TPSA) is 77.8 Å². The molecule has 0 unspecified atom stereocenters. The zero-order valence-corrected chi connectivity index (χ0v) is 14.4. The van der Waals surface area contributed by atoms with Gasteiger partial charge in [0.25, 0.3) is 5.91 Å². The number of rotatable bonds is 4. The number of methoxy groups -OCH3 is 1. The van der Waals surface area contributed by atoms with Crippen LogP contribution in [-0.4, -0.2) is 19.0 Å². The number of benzene rings is 2. The van der Waals surface area contributed by atoms with Gasteiger partial charge in [0.05, 0.1) is 13.4 Å². The normalized spacial score (nSPS) is 14.0. The van der Waals surface area contributed by atoms with Crippen LogP contribution < -0.4 is 14.8 Å². The number of amides is 1. The van der Waals surface area contributed by atoms with Gasteiger partial charge >= 0.3 is 5.97 Å². The Morgan fingerprint density at radius 1 is 1.07 bits per heavy atom. The van der Waals surface area contributed by atoms with Crippen LogP contribution in [0.4, 0.5) is 5.69 Å². The van der Waals surface area contributed by atoms with Crippen molar-refractivity contribution in [3.8, 4) is 11.5 Å². The predicted molar refractivity (Wildman–Crippen MR) is 99.6 cm³/mol. The minimum atomic E-state index is -0.617. The van der Waals surface area contributed by atoms with Gasteiger partial charge in [0.1, 0.15) is 0 Å². The molecule has 2 heterocycles. The van der Waals surface area contributed by atoms with Crippen LogP contribution in [0.25, 0.3) is 11.6 Å². The van der Waals surface area contributed by atoms with Crippen molar-refractivity contribution in [2.75, 3.05) is 12.4 Å². The molecule has 6 heteroatoms. The monoisotopic (exact) mass is 361 g/mol. The first-order valence-electron chi connectivity index (χ1n) is 8.22. The maximum absolute atomic E-state index is 12.2. The van der Waals surface area contributed by atoms with Crippen LogP contribution in [-0.2, 0) is 4.79 Å². The van der Waals surface area contributed by atoms with Crippen molar-refractivity contribution in [2.45, 2.75) is 0 Å². The van der Waals surface area contributed by atoms with Crippen LogP contribution in [0.15, 0.2) is 65.3 Å². The summed E-state index contributed by atoms with van der Waals surface area (Å²) < 4.78 is 15.7. The lowest BCUT2D eigenvalue weighted by Crippen LogP contribution is -2.08. The summed E-state index contributed by atoms with van der Waals surface area (Å²) in [6.07, 6.45) is 3.16. The van der Waals surface area contributed by atoms with E-state index in [0.717, 1.165) is 16.8 Å². The maximum Gasteiger partial charge on any atom is 0.379 e. The van der Waals surface area contributed by atoms with Crippen LogP contribution in [0, 0.1) is 0 Å². The number of esters is 1. The molecule has 0 bridgehead atoms. The van der Waals surface area contributed by atoms with Gasteiger partial charge in [-0.2, -0.15) is 0 Å². The Morgan fingerprint density at radius 3 is 2.70 bits per heavy atom. The fourth-order valence-corrected chi connectivity index (χ4v) is 2.85. The number of ether oxygens (including phenoxy) is 2. The number of para-hydroxylation sites is 1. The van der Waals surface area contributed by atoms with Crippen molar-refractivity contribution in [1.29, 1.82) is 0 Å². The molecule has 0 fully saturated rings. The molecule has 1 N–H and O–H groups in total. The SMILES string of the molecule is COc1cc(/C=C2\C(=O)Nc3ccccc32)ccc1OC(=O)c1ccco1. The maximum atomic E-state index is 12.2. The molecule has 27 heavy (non-hydrogen) atoms. The molecule has 0 atom stereocenters. The molecular formula is C21H15NO5. The van der Waals surface area contributed by atoms with E-state index in [9.17, 15) is 9.59 Å². The minimum Gasteiger partial charge on any atom is -0.493 e. The summed E-state index contributed by atoms with van der Waals surface area (Å²) in [7, 11) is 1.48. The molecular weight excluding hydrogens is 346 g/mol. The average molecular weight is 361 g/mol. The lowest BCUT2D eigenvalue weighted by molar-refractivity contribution is -0.110. The molecule has 1 aromatic heterocycles. The van der Waals surface area contributed by atoms with E-state index in [-0.39, 0.29) is 17.4 Å². The summed E-state index contributed by atoms with van der Waals surface area (Å²) in [6.45, 7) is 0. The van der Waals surface area contributed by atoms with Gasteiger partial charge in [0.2, 0.25) is 5.76 Å². The summed E-state index contributed by atoms with van der Waals surface area (Å²) in [5, 5.41) is 2.83. The molecule has 0 spiro atoms. The van der Waals surface area contributed by atoms with Gasteiger partial charge in [-0.25, -0.2) is 4.79 Å². The quantitative estimate of drug-likeness (QED) is 0.432. The van der Waals surface area contributed by atoms with Crippen molar-refractivity contribution in [2.24, 2.45) is 0 Å². The van der Waals surface area contributed by atoms with E-state index in [1.54, 1.807) is 30.3 Å². The number of fused-ring (bicyclic) bond motifs is 1. The first-order valence-corrected chi connectivity index (χ1v) is 8.22. The van der Waals surface area contributed by atoms with E-state index in [0.29, 0.717) is 11.3 Å². The standard InChI is InChI=1S/C21H15NO5/c1-25-19-12-13(8-9-17(19)27-21(24)18-7-4-10-26-18)11-15-14-5-2-3-6-16(14)22-20(15)23/h2-12H,1H3,(H,22,23)/b15-11-. The fraction of sp³-hybridized carbons (Fsp3) is 0.0476. The number of carbonyl (C=O) groups is 2. The van der Waals surface area contributed by atoms with Crippen LogP contribution in [0.5, 0.6) is 11.5 Å². The van der Waals surface area contributed by atoms with E-state index in [4.69, 9.17) is 13.9 Å². The smallest absolute Gasteiger partial charge is 0.379 e. The lowest BCUT2D eigenvalue weighted by atomic mass is 10.0. The average Bonchev–Trinajstić information content (AvgIpc) is 3.32. The molecule has 6 nitrogen and oxygen atoms in total. The highest BCUT2D eigenvalue weighted by atomic mass is 16.6. The number of furan rings is 1. The first kappa shape index (κ1) is 16.7. The van der Waals surface area contributed by atoms with Gasteiger partial charge in [-0.05, 0) is 42.0 Å². The summed E-state index contributed by atoms with van der Waals surface area (Å²) in [5.74, 6) is -0.0484. The van der Waals surface area contributed by atoms with Crippen LogP contribution in [0.1, 0.15) is 21.7 Å². The van der Waals surface area contributed by atoms with Gasteiger partial charge in [-0.3, -0.25) is 4.79 Å². The Hall–Kier alpha value is -3.80. The Labute approximate surface area is 155 Å². The summed E-state index contributed by atoms with van der Waals surface area (Å²) in [6, 6.07) is 15.7. The second-order valence-electron chi connectivity index (χ2n) is 5.83. The molecule has 0 radical (unpaired) electrons.